The highest BCUT2D eigenvalue weighted by Crippen LogP contribution is 2.23. The lowest BCUT2D eigenvalue weighted by molar-refractivity contribution is 0.0821. The van der Waals surface area contributed by atoms with Crippen molar-refractivity contribution in [3.63, 3.8) is 0 Å². The second kappa shape index (κ2) is 6.00. The Bertz CT molecular complexity index is 411. The number of nitrogens with zero attached hydrogens (tertiary/aromatic N) is 4. The van der Waals surface area contributed by atoms with Crippen molar-refractivity contribution < 1.29 is 4.79 Å². The number of aromatic nitrogens is 2. The smallest absolute Gasteiger partial charge is 0.273 e. The summed E-state index contributed by atoms with van der Waals surface area (Å²) < 4.78 is 1.95. The van der Waals surface area contributed by atoms with Crippen LogP contribution in [0, 0.1) is 0 Å². The van der Waals surface area contributed by atoms with Crippen LogP contribution in [0.25, 0.3) is 0 Å². The Morgan fingerprint density at radius 2 is 2.00 bits per heavy atom. The van der Waals surface area contributed by atoms with Crippen molar-refractivity contribution in [2.24, 2.45) is 0 Å². The highest BCUT2D eigenvalue weighted by atomic mass is 16.2. The molecule has 5 heteroatoms. The second-order valence-electron chi connectivity index (χ2n) is 4.53. The molecule has 5 nitrogen and oxygen atoms in total. The Hall–Kier alpha value is -1.36. The lowest BCUT2D eigenvalue weighted by Crippen LogP contribution is -2.33. The summed E-state index contributed by atoms with van der Waals surface area (Å²) in [5.74, 6) is -0.0308. The van der Waals surface area contributed by atoms with E-state index in [0.717, 1.165) is 18.8 Å². The van der Waals surface area contributed by atoms with Gasteiger partial charge in [-0.25, -0.2) is 0 Å². The number of carbonyl (C=O) groups excluding carboxylic acids is 1. The molecule has 0 aliphatic carbocycles. The van der Waals surface area contributed by atoms with Gasteiger partial charge in [0.15, 0.2) is 5.69 Å². The van der Waals surface area contributed by atoms with E-state index >= 15 is 0 Å². The van der Waals surface area contributed by atoms with Crippen LogP contribution in [-0.4, -0.2) is 53.2 Å². The van der Waals surface area contributed by atoms with Crippen LogP contribution in [0.4, 0.5) is 0 Å². The Morgan fingerprint density at radius 1 is 1.39 bits per heavy atom. The van der Waals surface area contributed by atoms with E-state index in [0.29, 0.717) is 11.7 Å². The van der Waals surface area contributed by atoms with Crippen LogP contribution in [0.5, 0.6) is 0 Å². The molecule has 1 unspecified atom stereocenters. The van der Waals surface area contributed by atoms with Crippen LogP contribution in [0.15, 0.2) is 6.07 Å². The molecule has 0 fully saturated rings. The van der Waals surface area contributed by atoms with E-state index in [1.54, 1.807) is 19.0 Å². The van der Waals surface area contributed by atoms with Crippen LogP contribution >= 0.6 is 0 Å². The van der Waals surface area contributed by atoms with Gasteiger partial charge in [-0.05, 0) is 20.0 Å². The zero-order valence-corrected chi connectivity index (χ0v) is 12.3. The van der Waals surface area contributed by atoms with E-state index in [1.807, 2.05) is 24.6 Å². The van der Waals surface area contributed by atoms with E-state index < -0.39 is 0 Å². The number of likely N-dealkylation sites (N-methyl/N-ethyl adjacent to an activating group) is 1. The molecule has 0 saturated heterocycles. The molecule has 0 N–H and O–H groups in total. The fourth-order valence-electron chi connectivity index (χ4n) is 1.95. The molecule has 1 aliphatic heterocycles. The fourth-order valence-corrected chi connectivity index (χ4v) is 1.95. The highest BCUT2D eigenvalue weighted by Gasteiger charge is 2.25. The minimum absolute atomic E-state index is 0.0308. The summed E-state index contributed by atoms with van der Waals surface area (Å²) in [7, 11) is 5.58. The highest BCUT2D eigenvalue weighted by molar-refractivity contribution is 5.92. The third-order valence-electron chi connectivity index (χ3n) is 3.19. The van der Waals surface area contributed by atoms with Gasteiger partial charge in [-0.15, -0.1) is 0 Å². The zero-order chi connectivity index (χ0) is 13.9. The maximum absolute atomic E-state index is 11.8. The first-order chi connectivity index (χ1) is 8.50. The molecule has 2 rings (SSSR count). The molecular weight excluding hydrogens is 228 g/mol. The molecule has 1 aliphatic rings. The van der Waals surface area contributed by atoms with E-state index in [2.05, 4.69) is 24.0 Å². The van der Waals surface area contributed by atoms with Gasteiger partial charge in [0.1, 0.15) is 0 Å². The summed E-state index contributed by atoms with van der Waals surface area (Å²) in [6, 6.07) is 2.23. The predicted octanol–water partition coefficient (Wildman–Crippen LogP) is 1.62. The van der Waals surface area contributed by atoms with Gasteiger partial charge in [0.05, 0.1) is 12.2 Å². The quantitative estimate of drug-likeness (QED) is 0.762. The molecule has 0 radical (unpaired) electrons. The summed E-state index contributed by atoms with van der Waals surface area (Å²) in [6.07, 6.45) is 0. The first-order valence-corrected chi connectivity index (χ1v) is 6.50. The first-order valence-electron chi connectivity index (χ1n) is 6.50. The molecule has 0 saturated carbocycles. The van der Waals surface area contributed by atoms with Crippen molar-refractivity contribution in [3.05, 3.63) is 17.5 Å². The van der Waals surface area contributed by atoms with Gasteiger partial charge in [-0.2, -0.15) is 5.10 Å². The molecule has 1 atom stereocenters. The van der Waals surface area contributed by atoms with Gasteiger partial charge in [0.2, 0.25) is 0 Å². The number of hydrogen-bond acceptors (Lipinski definition) is 3. The standard InChI is InChI=1S/C11H18N4O.C2H6/c1-8-10-7-9(11(16)13(2)3)12-15(10)6-5-14(8)4;1-2/h7-8H,5-6H2,1-4H3;1-2H3. The molecule has 0 spiro atoms. The first kappa shape index (κ1) is 14.7. The molecule has 2 heterocycles. The van der Waals surface area contributed by atoms with Crippen molar-refractivity contribution in [2.45, 2.75) is 33.4 Å². The summed E-state index contributed by atoms with van der Waals surface area (Å²) in [4.78, 5) is 15.6. The lowest BCUT2D eigenvalue weighted by Gasteiger charge is -2.30. The van der Waals surface area contributed by atoms with Crippen molar-refractivity contribution in [1.29, 1.82) is 0 Å². The van der Waals surface area contributed by atoms with Crippen molar-refractivity contribution >= 4 is 5.91 Å². The minimum atomic E-state index is -0.0308. The number of hydrogen-bond donors (Lipinski definition) is 0. The summed E-state index contributed by atoms with van der Waals surface area (Å²) >= 11 is 0. The Labute approximate surface area is 109 Å². The van der Waals surface area contributed by atoms with Gasteiger partial charge in [0.25, 0.3) is 5.91 Å². The van der Waals surface area contributed by atoms with E-state index in [4.69, 9.17) is 0 Å². The van der Waals surface area contributed by atoms with E-state index in [1.165, 1.54) is 0 Å². The van der Waals surface area contributed by atoms with Gasteiger partial charge in [-0.3, -0.25) is 14.4 Å². The normalized spacial score (nSPS) is 18.7. The lowest BCUT2D eigenvalue weighted by atomic mass is 10.1. The molecular formula is C13H24N4O. The van der Waals surface area contributed by atoms with Crippen molar-refractivity contribution in [2.75, 3.05) is 27.7 Å². The number of amides is 1. The van der Waals surface area contributed by atoms with Crippen LogP contribution < -0.4 is 0 Å². The summed E-state index contributed by atoms with van der Waals surface area (Å²) in [5, 5.41) is 4.36. The van der Waals surface area contributed by atoms with Crippen LogP contribution in [0.1, 0.15) is 43.0 Å². The van der Waals surface area contributed by atoms with Crippen molar-refractivity contribution in [3.8, 4) is 0 Å². The predicted molar refractivity (Wildman–Crippen MR) is 72.6 cm³/mol. The third kappa shape index (κ3) is 2.72. The van der Waals surface area contributed by atoms with Gasteiger partial charge in [0, 0.05) is 26.7 Å². The molecule has 0 aromatic carbocycles. The molecule has 18 heavy (non-hydrogen) atoms. The van der Waals surface area contributed by atoms with Gasteiger partial charge < -0.3 is 4.90 Å². The SMILES string of the molecule is CC.CC1c2cc(C(=O)N(C)C)nn2CCN1C. The Kier molecular flexibility index (Phi) is 4.90. The van der Waals surface area contributed by atoms with Crippen LogP contribution in [0.3, 0.4) is 0 Å². The maximum atomic E-state index is 11.8. The average molecular weight is 252 g/mol. The van der Waals surface area contributed by atoms with Crippen molar-refractivity contribution in [1.82, 2.24) is 19.6 Å². The zero-order valence-electron chi connectivity index (χ0n) is 12.3. The Balaban J connectivity index is 0.000000771. The molecule has 1 amide bonds. The topological polar surface area (TPSA) is 41.4 Å². The van der Waals surface area contributed by atoms with Gasteiger partial charge >= 0.3 is 0 Å². The maximum Gasteiger partial charge on any atom is 0.273 e. The molecule has 1 aromatic rings. The second-order valence-corrected chi connectivity index (χ2v) is 4.53. The Morgan fingerprint density at radius 3 is 2.56 bits per heavy atom. The third-order valence-corrected chi connectivity index (χ3v) is 3.19. The van der Waals surface area contributed by atoms with Gasteiger partial charge in [-0.1, -0.05) is 13.8 Å². The van der Waals surface area contributed by atoms with Crippen LogP contribution in [0.2, 0.25) is 0 Å². The fraction of sp³-hybridized carbons (Fsp3) is 0.692. The number of rotatable bonds is 1. The van der Waals surface area contributed by atoms with Crippen LogP contribution in [-0.2, 0) is 6.54 Å². The number of carbonyl (C=O) groups is 1. The summed E-state index contributed by atoms with van der Waals surface area (Å²) in [6.45, 7) is 7.97. The van der Waals surface area contributed by atoms with E-state index in [-0.39, 0.29) is 5.91 Å². The molecule has 1 aromatic heterocycles. The largest absolute Gasteiger partial charge is 0.343 e. The average Bonchev–Trinajstić information content (AvgIpc) is 2.80. The van der Waals surface area contributed by atoms with E-state index in [9.17, 15) is 4.79 Å². The summed E-state index contributed by atoms with van der Waals surface area (Å²) in [5.41, 5.74) is 1.67. The monoisotopic (exact) mass is 252 g/mol. The number of fused-ring (bicyclic) bond motifs is 1. The molecule has 102 valence electrons. The minimum Gasteiger partial charge on any atom is -0.343 e. The molecule has 0 bridgehead atoms.